The number of rotatable bonds is 5. The van der Waals surface area contributed by atoms with Crippen LogP contribution in [0.2, 0.25) is 0 Å². The second-order valence-electron chi connectivity index (χ2n) is 5.72. The molecule has 0 atom stereocenters. The molecule has 2 aromatic carbocycles. The fourth-order valence-electron chi connectivity index (χ4n) is 2.73. The highest BCUT2D eigenvalue weighted by atomic mass is 32.2. The van der Waals surface area contributed by atoms with Gasteiger partial charge >= 0.3 is 5.69 Å². The summed E-state index contributed by atoms with van der Waals surface area (Å²) in [5, 5.41) is 0. The Morgan fingerprint density at radius 3 is 2.04 bits per heavy atom. The molecule has 0 spiro atoms. The second kappa shape index (κ2) is 6.41. The number of anilines is 1. The number of nitrogens with zero attached hydrogens (tertiary/aromatic N) is 2. The van der Waals surface area contributed by atoms with Crippen LogP contribution in [0.15, 0.2) is 46.1 Å². The van der Waals surface area contributed by atoms with Gasteiger partial charge in [-0.3, -0.25) is 13.9 Å². The fraction of sp³-hybridized carbons (Fsp3) is 0.235. The summed E-state index contributed by atoms with van der Waals surface area (Å²) in [5.74, 6) is 0.873. The Bertz CT molecular complexity index is 1130. The van der Waals surface area contributed by atoms with Crippen molar-refractivity contribution < 1.29 is 17.9 Å². The van der Waals surface area contributed by atoms with Crippen LogP contribution in [-0.2, 0) is 24.1 Å². The Morgan fingerprint density at radius 1 is 0.923 bits per heavy atom. The maximum atomic E-state index is 12.7. The lowest BCUT2D eigenvalue weighted by molar-refractivity contribution is 0.414. The van der Waals surface area contributed by atoms with E-state index in [4.69, 9.17) is 9.47 Å². The monoisotopic (exact) mass is 377 g/mol. The van der Waals surface area contributed by atoms with E-state index in [1.54, 1.807) is 38.4 Å². The number of nitrogens with one attached hydrogen (secondary N) is 1. The minimum Gasteiger partial charge on any atom is -0.497 e. The van der Waals surface area contributed by atoms with Crippen molar-refractivity contribution in [3.8, 4) is 11.5 Å². The van der Waals surface area contributed by atoms with Gasteiger partial charge in [0.15, 0.2) is 0 Å². The summed E-state index contributed by atoms with van der Waals surface area (Å²) in [6.45, 7) is 0. The number of aromatic nitrogens is 2. The van der Waals surface area contributed by atoms with Crippen molar-refractivity contribution in [1.82, 2.24) is 9.13 Å². The Hall–Kier alpha value is -2.94. The average Bonchev–Trinajstić information content (AvgIpc) is 2.84. The molecule has 0 aliphatic rings. The number of hydrogen-bond acceptors (Lipinski definition) is 5. The van der Waals surface area contributed by atoms with E-state index < -0.39 is 10.0 Å². The number of fused-ring (bicyclic) bond motifs is 1. The standard InChI is InChI=1S/C17H19N3O5S/c1-19-14-9-13(16(25-4)10-15(14)20(2)17(19)21)18-26(22,23)12-7-5-11(24-3)6-8-12/h5-10,18H,1-4H3. The Balaban J connectivity index is 2.09. The van der Waals surface area contributed by atoms with Crippen LogP contribution in [0, 0.1) is 0 Å². The lowest BCUT2D eigenvalue weighted by Gasteiger charge is -2.13. The van der Waals surface area contributed by atoms with Crippen LogP contribution in [0.3, 0.4) is 0 Å². The molecule has 0 aliphatic heterocycles. The maximum Gasteiger partial charge on any atom is 0.328 e. The summed E-state index contributed by atoms with van der Waals surface area (Å²) < 4.78 is 41.1. The molecule has 0 bridgehead atoms. The fourth-order valence-corrected chi connectivity index (χ4v) is 3.79. The van der Waals surface area contributed by atoms with E-state index in [1.165, 1.54) is 35.5 Å². The molecule has 0 aliphatic carbocycles. The van der Waals surface area contributed by atoms with Crippen molar-refractivity contribution in [3.05, 3.63) is 46.9 Å². The zero-order chi connectivity index (χ0) is 19.1. The Labute approximate surface area is 150 Å². The van der Waals surface area contributed by atoms with Crippen molar-refractivity contribution in [3.63, 3.8) is 0 Å². The highest BCUT2D eigenvalue weighted by molar-refractivity contribution is 7.92. The maximum absolute atomic E-state index is 12.7. The third-order valence-electron chi connectivity index (χ3n) is 4.21. The van der Waals surface area contributed by atoms with Crippen molar-refractivity contribution in [2.45, 2.75) is 4.90 Å². The molecule has 3 rings (SSSR count). The largest absolute Gasteiger partial charge is 0.497 e. The average molecular weight is 377 g/mol. The third-order valence-corrected chi connectivity index (χ3v) is 5.59. The minimum absolute atomic E-state index is 0.0856. The van der Waals surface area contributed by atoms with E-state index in [2.05, 4.69) is 4.72 Å². The molecule has 0 unspecified atom stereocenters. The predicted octanol–water partition coefficient (Wildman–Crippen LogP) is 1.69. The van der Waals surface area contributed by atoms with Gasteiger partial charge in [0.1, 0.15) is 11.5 Å². The van der Waals surface area contributed by atoms with Crippen LogP contribution in [0.5, 0.6) is 11.5 Å². The quantitative estimate of drug-likeness (QED) is 0.731. The number of imidazole rings is 1. The molecular formula is C17H19N3O5S. The number of sulfonamides is 1. The van der Waals surface area contributed by atoms with Gasteiger partial charge in [0.2, 0.25) is 0 Å². The van der Waals surface area contributed by atoms with E-state index in [0.29, 0.717) is 22.5 Å². The van der Waals surface area contributed by atoms with Gasteiger partial charge in [-0.15, -0.1) is 0 Å². The second-order valence-corrected chi connectivity index (χ2v) is 7.41. The highest BCUT2D eigenvalue weighted by Crippen LogP contribution is 2.31. The molecule has 0 saturated carbocycles. The lowest BCUT2D eigenvalue weighted by Crippen LogP contribution is -2.19. The molecule has 26 heavy (non-hydrogen) atoms. The molecule has 138 valence electrons. The Kier molecular flexibility index (Phi) is 4.41. The summed E-state index contributed by atoms with van der Waals surface area (Å²) in [6.07, 6.45) is 0. The number of benzene rings is 2. The number of hydrogen-bond donors (Lipinski definition) is 1. The van der Waals surface area contributed by atoms with Gasteiger partial charge in [0.25, 0.3) is 10.0 Å². The first-order valence-electron chi connectivity index (χ1n) is 7.69. The van der Waals surface area contributed by atoms with E-state index in [0.717, 1.165) is 0 Å². The number of aryl methyl sites for hydroxylation is 2. The summed E-state index contributed by atoms with van der Waals surface area (Å²) in [5.41, 5.74) is 1.27. The van der Waals surface area contributed by atoms with Crippen LogP contribution < -0.4 is 19.9 Å². The number of ether oxygens (including phenoxy) is 2. The van der Waals surface area contributed by atoms with Crippen molar-refractivity contribution in [2.75, 3.05) is 18.9 Å². The van der Waals surface area contributed by atoms with Gasteiger partial charge in [-0.25, -0.2) is 13.2 Å². The molecule has 1 heterocycles. The van der Waals surface area contributed by atoms with Crippen LogP contribution in [0.1, 0.15) is 0 Å². The molecule has 0 radical (unpaired) electrons. The van der Waals surface area contributed by atoms with Crippen LogP contribution >= 0.6 is 0 Å². The Morgan fingerprint density at radius 2 is 1.50 bits per heavy atom. The molecule has 3 aromatic rings. The molecule has 1 aromatic heterocycles. The molecule has 9 heteroatoms. The van der Waals surface area contributed by atoms with E-state index in [1.807, 2.05) is 0 Å². The van der Waals surface area contributed by atoms with Crippen LogP contribution in [-0.4, -0.2) is 31.8 Å². The third kappa shape index (κ3) is 2.90. The van der Waals surface area contributed by atoms with Crippen LogP contribution in [0.4, 0.5) is 5.69 Å². The normalized spacial score (nSPS) is 11.5. The highest BCUT2D eigenvalue weighted by Gasteiger charge is 2.19. The van der Waals surface area contributed by atoms with Gasteiger partial charge in [-0.1, -0.05) is 0 Å². The van der Waals surface area contributed by atoms with Crippen molar-refractivity contribution in [2.24, 2.45) is 14.1 Å². The van der Waals surface area contributed by atoms with Crippen molar-refractivity contribution >= 4 is 26.7 Å². The SMILES string of the molecule is COc1ccc(S(=O)(=O)Nc2cc3c(cc2OC)n(C)c(=O)n3C)cc1. The van der Waals surface area contributed by atoms with Gasteiger partial charge in [0.05, 0.1) is 35.8 Å². The zero-order valence-electron chi connectivity index (χ0n) is 14.8. The van der Waals surface area contributed by atoms with Gasteiger partial charge in [0, 0.05) is 20.2 Å². The van der Waals surface area contributed by atoms with Crippen LogP contribution in [0.25, 0.3) is 11.0 Å². The summed E-state index contributed by atoms with van der Waals surface area (Å²) in [7, 11) is 2.38. The van der Waals surface area contributed by atoms with Gasteiger partial charge in [-0.2, -0.15) is 0 Å². The molecule has 0 amide bonds. The molecule has 1 N–H and O–H groups in total. The van der Waals surface area contributed by atoms with E-state index in [-0.39, 0.29) is 16.3 Å². The first kappa shape index (κ1) is 17.9. The predicted molar refractivity (Wildman–Crippen MR) is 98.5 cm³/mol. The van der Waals surface area contributed by atoms with Crippen molar-refractivity contribution in [1.29, 1.82) is 0 Å². The zero-order valence-corrected chi connectivity index (χ0v) is 15.6. The smallest absolute Gasteiger partial charge is 0.328 e. The molecule has 0 fully saturated rings. The summed E-state index contributed by atoms with van der Waals surface area (Å²) >= 11 is 0. The minimum atomic E-state index is -3.84. The topological polar surface area (TPSA) is 91.6 Å². The molecular weight excluding hydrogens is 358 g/mol. The summed E-state index contributed by atoms with van der Waals surface area (Å²) in [6, 6.07) is 9.24. The first-order chi connectivity index (χ1) is 12.3. The first-order valence-corrected chi connectivity index (χ1v) is 9.17. The summed E-state index contributed by atoms with van der Waals surface area (Å²) in [4.78, 5) is 12.2. The molecule has 8 nitrogen and oxygen atoms in total. The van der Waals surface area contributed by atoms with Gasteiger partial charge in [-0.05, 0) is 30.3 Å². The van der Waals surface area contributed by atoms with E-state index >= 15 is 0 Å². The lowest BCUT2D eigenvalue weighted by atomic mass is 10.2. The van der Waals surface area contributed by atoms with Gasteiger partial charge < -0.3 is 9.47 Å². The molecule has 0 saturated heterocycles. The van der Waals surface area contributed by atoms with E-state index in [9.17, 15) is 13.2 Å². The number of methoxy groups -OCH3 is 2.